The lowest BCUT2D eigenvalue weighted by atomic mass is 10.2. The molecule has 0 saturated carbocycles. The van der Waals surface area contributed by atoms with Crippen molar-refractivity contribution in [2.45, 2.75) is 37.5 Å². The quantitative estimate of drug-likeness (QED) is 0.445. The van der Waals surface area contributed by atoms with Crippen molar-refractivity contribution in [3.05, 3.63) is 48.5 Å². The number of rotatable bonds is 7. The Labute approximate surface area is 172 Å². The summed E-state index contributed by atoms with van der Waals surface area (Å²) in [5, 5.41) is 12.0. The minimum absolute atomic E-state index is 0.0968. The summed E-state index contributed by atoms with van der Waals surface area (Å²) in [7, 11) is 0. The summed E-state index contributed by atoms with van der Waals surface area (Å²) in [5.74, 6) is 1.33. The van der Waals surface area contributed by atoms with Crippen molar-refractivity contribution in [3.8, 4) is 5.75 Å². The molecule has 29 heavy (non-hydrogen) atoms. The SMILES string of the molecule is CCOc1ccccc1NC(=O)[C@H](CC)Sc1nnc(C)n2c1cc1occc12. The second-order valence-corrected chi connectivity index (χ2v) is 7.71. The largest absolute Gasteiger partial charge is 0.492 e. The molecule has 0 radical (unpaired) electrons. The third-order valence-corrected chi connectivity index (χ3v) is 5.96. The molecule has 3 aromatic heterocycles. The molecule has 0 aliphatic rings. The number of carbonyl (C=O) groups excluding carboxylic acids is 1. The minimum Gasteiger partial charge on any atom is -0.492 e. The fourth-order valence-corrected chi connectivity index (χ4v) is 4.21. The lowest BCUT2D eigenvalue weighted by Crippen LogP contribution is -2.25. The summed E-state index contributed by atoms with van der Waals surface area (Å²) in [6.07, 6.45) is 2.30. The van der Waals surface area contributed by atoms with Gasteiger partial charge in [0.15, 0.2) is 5.58 Å². The molecule has 4 aromatic rings. The van der Waals surface area contributed by atoms with Gasteiger partial charge < -0.3 is 14.5 Å². The number of hydrogen-bond donors (Lipinski definition) is 1. The van der Waals surface area contributed by atoms with Crippen molar-refractivity contribution in [1.29, 1.82) is 0 Å². The third-order valence-electron chi connectivity index (χ3n) is 4.61. The highest BCUT2D eigenvalue weighted by Crippen LogP contribution is 2.33. The number of fused-ring (bicyclic) bond motifs is 3. The van der Waals surface area contributed by atoms with Crippen molar-refractivity contribution in [1.82, 2.24) is 14.6 Å². The van der Waals surface area contributed by atoms with Crippen LogP contribution in [-0.2, 0) is 4.79 Å². The number of aromatic nitrogens is 3. The number of amides is 1. The van der Waals surface area contributed by atoms with Crippen LogP contribution in [0, 0.1) is 6.92 Å². The standard InChI is InChI=1S/C21H22N4O3S/c1-4-19(20(26)22-14-8-6-7-9-17(14)27-5-2)29-21-16-12-18-15(10-11-28-18)25(16)13(3)23-24-21/h6-12,19H,4-5H2,1-3H3,(H,22,26)/t19-/m0/s1. The first-order valence-corrected chi connectivity index (χ1v) is 10.4. The van der Waals surface area contributed by atoms with Crippen molar-refractivity contribution < 1.29 is 13.9 Å². The highest BCUT2D eigenvalue weighted by atomic mass is 32.2. The van der Waals surface area contributed by atoms with E-state index in [-0.39, 0.29) is 11.2 Å². The summed E-state index contributed by atoms with van der Waals surface area (Å²) in [4.78, 5) is 13.0. The van der Waals surface area contributed by atoms with E-state index < -0.39 is 0 Å². The van der Waals surface area contributed by atoms with E-state index in [1.807, 2.05) is 61.6 Å². The van der Waals surface area contributed by atoms with Crippen LogP contribution in [0.3, 0.4) is 0 Å². The number of hydrogen-bond acceptors (Lipinski definition) is 6. The summed E-state index contributed by atoms with van der Waals surface area (Å²) in [5.41, 5.74) is 3.27. The number of benzene rings is 1. The average molecular weight is 410 g/mol. The third kappa shape index (κ3) is 3.67. The number of furan rings is 1. The molecular weight excluding hydrogens is 388 g/mol. The minimum atomic E-state index is -0.327. The molecule has 7 nitrogen and oxygen atoms in total. The summed E-state index contributed by atoms with van der Waals surface area (Å²) < 4.78 is 13.1. The number of aryl methyl sites for hydroxylation is 1. The van der Waals surface area contributed by atoms with Crippen molar-refractivity contribution in [2.24, 2.45) is 0 Å². The van der Waals surface area contributed by atoms with Gasteiger partial charge in [0, 0.05) is 12.1 Å². The summed E-state index contributed by atoms with van der Waals surface area (Å²) >= 11 is 1.40. The van der Waals surface area contributed by atoms with E-state index >= 15 is 0 Å². The van der Waals surface area contributed by atoms with Gasteiger partial charge in [-0.05, 0) is 32.4 Å². The maximum Gasteiger partial charge on any atom is 0.238 e. The lowest BCUT2D eigenvalue weighted by Gasteiger charge is -2.16. The number of para-hydroxylation sites is 2. The molecule has 0 aliphatic heterocycles. The predicted molar refractivity (Wildman–Crippen MR) is 114 cm³/mol. The molecule has 1 atom stereocenters. The fraction of sp³-hybridized carbons (Fsp3) is 0.286. The fourth-order valence-electron chi connectivity index (χ4n) is 3.25. The Hall–Kier alpha value is -3.00. The molecule has 8 heteroatoms. The Morgan fingerprint density at radius 1 is 1.24 bits per heavy atom. The lowest BCUT2D eigenvalue weighted by molar-refractivity contribution is -0.115. The monoisotopic (exact) mass is 410 g/mol. The molecule has 0 bridgehead atoms. The van der Waals surface area contributed by atoms with E-state index in [1.165, 1.54) is 11.8 Å². The molecule has 4 rings (SSSR count). The zero-order chi connectivity index (χ0) is 20.4. The van der Waals surface area contributed by atoms with Crippen LogP contribution >= 0.6 is 11.8 Å². The van der Waals surface area contributed by atoms with Gasteiger partial charge in [-0.1, -0.05) is 30.8 Å². The molecule has 1 aromatic carbocycles. The molecule has 1 amide bonds. The maximum atomic E-state index is 13.0. The van der Waals surface area contributed by atoms with Crippen molar-refractivity contribution >= 4 is 40.0 Å². The number of nitrogens with zero attached hydrogens (tertiary/aromatic N) is 3. The molecule has 0 unspecified atom stereocenters. The molecule has 0 saturated heterocycles. The van der Waals surface area contributed by atoms with Crippen LogP contribution < -0.4 is 10.1 Å². The van der Waals surface area contributed by atoms with E-state index in [1.54, 1.807) is 6.26 Å². The number of carbonyl (C=O) groups is 1. The van der Waals surface area contributed by atoms with Gasteiger partial charge in [-0.25, -0.2) is 0 Å². The molecular formula is C21H22N4O3S. The van der Waals surface area contributed by atoms with Gasteiger partial charge in [0.2, 0.25) is 5.91 Å². The first-order chi connectivity index (χ1) is 14.1. The van der Waals surface area contributed by atoms with Crippen LogP contribution in [0.5, 0.6) is 5.75 Å². The second kappa shape index (κ2) is 8.16. The topological polar surface area (TPSA) is 81.7 Å². The molecule has 150 valence electrons. The van der Waals surface area contributed by atoms with Crippen molar-refractivity contribution in [2.75, 3.05) is 11.9 Å². The van der Waals surface area contributed by atoms with E-state index in [0.717, 1.165) is 22.4 Å². The predicted octanol–water partition coefficient (Wildman–Crippen LogP) is 4.69. The van der Waals surface area contributed by atoms with Gasteiger partial charge in [-0.2, -0.15) is 0 Å². The van der Waals surface area contributed by atoms with Crippen LogP contribution in [0.2, 0.25) is 0 Å². The van der Waals surface area contributed by atoms with Crippen LogP contribution in [0.4, 0.5) is 5.69 Å². The van der Waals surface area contributed by atoms with E-state index in [0.29, 0.717) is 29.5 Å². The number of nitrogens with one attached hydrogen (secondary N) is 1. The number of thioether (sulfide) groups is 1. The normalized spacial score (nSPS) is 12.4. The zero-order valence-corrected chi connectivity index (χ0v) is 17.3. The first kappa shape index (κ1) is 19.3. The summed E-state index contributed by atoms with van der Waals surface area (Å²) in [6.45, 7) is 6.33. The Bertz CT molecular complexity index is 1170. The number of ether oxygens (including phenoxy) is 1. The molecule has 0 fully saturated rings. The van der Waals surface area contributed by atoms with Gasteiger partial charge >= 0.3 is 0 Å². The molecule has 0 spiro atoms. The van der Waals surface area contributed by atoms with E-state index in [2.05, 4.69) is 15.5 Å². The Kier molecular flexibility index (Phi) is 5.44. The van der Waals surface area contributed by atoms with Crippen LogP contribution in [0.1, 0.15) is 26.1 Å². The van der Waals surface area contributed by atoms with Crippen LogP contribution in [0.25, 0.3) is 16.6 Å². The van der Waals surface area contributed by atoms with Gasteiger partial charge in [0.05, 0.1) is 34.8 Å². The van der Waals surface area contributed by atoms with Gasteiger partial charge in [-0.3, -0.25) is 9.20 Å². The molecule has 1 N–H and O–H groups in total. The van der Waals surface area contributed by atoms with Crippen LogP contribution in [0.15, 0.2) is 52.1 Å². The summed E-state index contributed by atoms with van der Waals surface area (Å²) in [6, 6.07) is 11.3. The highest BCUT2D eigenvalue weighted by molar-refractivity contribution is 8.00. The van der Waals surface area contributed by atoms with Gasteiger partial charge in [0.25, 0.3) is 0 Å². The Morgan fingerprint density at radius 2 is 2.07 bits per heavy atom. The van der Waals surface area contributed by atoms with Gasteiger partial charge in [0.1, 0.15) is 16.6 Å². The Balaban J connectivity index is 1.61. The van der Waals surface area contributed by atoms with Crippen LogP contribution in [-0.4, -0.2) is 32.4 Å². The highest BCUT2D eigenvalue weighted by Gasteiger charge is 2.23. The van der Waals surface area contributed by atoms with E-state index in [4.69, 9.17) is 9.15 Å². The average Bonchev–Trinajstić information content (AvgIpc) is 3.31. The zero-order valence-electron chi connectivity index (χ0n) is 16.5. The van der Waals surface area contributed by atoms with Gasteiger partial charge in [-0.15, -0.1) is 10.2 Å². The number of anilines is 1. The smallest absolute Gasteiger partial charge is 0.238 e. The molecule has 0 aliphatic carbocycles. The molecule has 3 heterocycles. The Morgan fingerprint density at radius 3 is 2.86 bits per heavy atom. The van der Waals surface area contributed by atoms with E-state index in [9.17, 15) is 4.79 Å². The van der Waals surface area contributed by atoms with Crippen molar-refractivity contribution in [3.63, 3.8) is 0 Å². The maximum absolute atomic E-state index is 13.0. The first-order valence-electron chi connectivity index (χ1n) is 9.53. The second-order valence-electron chi connectivity index (χ2n) is 6.52.